The third-order valence-corrected chi connectivity index (χ3v) is 6.30. The fourth-order valence-corrected chi connectivity index (χ4v) is 4.47. The van der Waals surface area contributed by atoms with Gasteiger partial charge in [-0.3, -0.25) is 4.98 Å². The maximum atomic E-state index is 9.24. The summed E-state index contributed by atoms with van der Waals surface area (Å²) in [5.41, 5.74) is 7.58. The van der Waals surface area contributed by atoms with Crippen LogP contribution in [0.3, 0.4) is 0 Å². The van der Waals surface area contributed by atoms with Gasteiger partial charge >= 0.3 is 0 Å². The minimum absolute atomic E-state index is 0.807. The van der Waals surface area contributed by atoms with Crippen LogP contribution < -0.4 is 0 Å². The van der Waals surface area contributed by atoms with E-state index in [-0.39, 0.29) is 0 Å². The first-order valence-corrected chi connectivity index (χ1v) is 11.1. The lowest BCUT2D eigenvalue weighted by Gasteiger charge is -2.14. The number of aromatic nitrogens is 1. The standard InChI is InChI=1S/C31H23NO/c1-21(22-14-16-24(17-15-22)23-8-3-2-4-9-23)25-18-19-32-29(20-25)28-12-7-11-27-26-10-5-6-13-30(26)33-31(27)28/h2-21H,1H3/i21D. The van der Waals surface area contributed by atoms with Crippen molar-refractivity contribution in [2.75, 3.05) is 0 Å². The van der Waals surface area contributed by atoms with E-state index in [2.05, 4.69) is 53.5 Å². The molecule has 2 heterocycles. The summed E-state index contributed by atoms with van der Waals surface area (Å²) in [5, 5.41) is 2.17. The topological polar surface area (TPSA) is 26.0 Å². The maximum absolute atomic E-state index is 9.24. The minimum atomic E-state index is -0.922. The molecule has 1 unspecified atom stereocenters. The van der Waals surface area contributed by atoms with E-state index < -0.39 is 5.89 Å². The normalized spacial score (nSPS) is 13.7. The predicted octanol–water partition coefficient (Wildman–Crippen LogP) is 8.47. The molecule has 0 spiro atoms. The SMILES string of the molecule is [2H]C(C)(c1ccc(-c2ccccc2)cc1)c1ccnc(-c2cccc3c2oc2ccccc23)c1. The lowest BCUT2D eigenvalue weighted by atomic mass is 9.91. The van der Waals surface area contributed by atoms with Gasteiger partial charge in [-0.05, 0) is 46.5 Å². The van der Waals surface area contributed by atoms with Gasteiger partial charge in [-0.25, -0.2) is 0 Å². The Morgan fingerprint density at radius 3 is 2.27 bits per heavy atom. The molecule has 0 saturated heterocycles. The number of hydrogen-bond donors (Lipinski definition) is 0. The quantitative estimate of drug-likeness (QED) is 0.282. The second kappa shape index (κ2) is 8.07. The van der Waals surface area contributed by atoms with E-state index in [4.69, 9.17) is 4.42 Å². The number of hydrogen-bond acceptors (Lipinski definition) is 2. The number of fused-ring (bicyclic) bond motifs is 3. The Morgan fingerprint density at radius 1 is 0.697 bits per heavy atom. The van der Waals surface area contributed by atoms with Crippen molar-refractivity contribution in [3.8, 4) is 22.4 Å². The maximum Gasteiger partial charge on any atom is 0.144 e. The van der Waals surface area contributed by atoms with Gasteiger partial charge in [0.1, 0.15) is 11.2 Å². The Kier molecular flexibility index (Phi) is 4.50. The van der Waals surface area contributed by atoms with Crippen LogP contribution >= 0.6 is 0 Å². The Morgan fingerprint density at radius 2 is 1.42 bits per heavy atom. The number of pyridine rings is 1. The Labute approximate surface area is 194 Å². The van der Waals surface area contributed by atoms with Crippen LogP contribution in [0.1, 0.15) is 25.3 Å². The highest BCUT2D eigenvalue weighted by Gasteiger charge is 2.15. The van der Waals surface area contributed by atoms with E-state index in [1.807, 2.05) is 67.6 Å². The highest BCUT2D eigenvalue weighted by atomic mass is 16.3. The van der Waals surface area contributed by atoms with Crippen LogP contribution in [0.2, 0.25) is 0 Å². The van der Waals surface area contributed by atoms with E-state index in [1.165, 1.54) is 5.56 Å². The lowest BCUT2D eigenvalue weighted by molar-refractivity contribution is 0.670. The number of furan rings is 1. The van der Waals surface area contributed by atoms with E-state index >= 15 is 0 Å². The zero-order chi connectivity index (χ0) is 23.1. The molecular formula is C31H23NO. The molecule has 0 aliphatic heterocycles. The molecule has 0 bridgehead atoms. The van der Waals surface area contributed by atoms with Gasteiger partial charge < -0.3 is 4.42 Å². The van der Waals surface area contributed by atoms with Crippen LogP contribution in [0.5, 0.6) is 0 Å². The number of nitrogens with zero attached hydrogens (tertiary/aromatic N) is 1. The average molecular weight is 427 g/mol. The first-order chi connectivity index (χ1) is 16.6. The Balaban J connectivity index is 1.40. The number of rotatable bonds is 4. The van der Waals surface area contributed by atoms with Crippen molar-refractivity contribution in [1.29, 1.82) is 0 Å². The zero-order valence-corrected chi connectivity index (χ0v) is 18.3. The summed E-state index contributed by atoms with van der Waals surface area (Å²) in [6, 6.07) is 36.8. The summed E-state index contributed by atoms with van der Waals surface area (Å²) in [6.45, 7) is 1.94. The van der Waals surface area contributed by atoms with Crippen molar-refractivity contribution in [1.82, 2.24) is 4.98 Å². The van der Waals surface area contributed by atoms with Gasteiger partial charge in [-0.15, -0.1) is 0 Å². The van der Waals surface area contributed by atoms with Crippen molar-refractivity contribution in [3.63, 3.8) is 0 Å². The third-order valence-electron chi connectivity index (χ3n) is 6.30. The van der Waals surface area contributed by atoms with Crippen LogP contribution in [0.4, 0.5) is 0 Å². The van der Waals surface area contributed by atoms with Crippen molar-refractivity contribution in [2.24, 2.45) is 0 Å². The van der Waals surface area contributed by atoms with Crippen LogP contribution in [0.25, 0.3) is 44.3 Å². The number of benzene rings is 4. The molecule has 2 heteroatoms. The molecule has 0 aliphatic carbocycles. The van der Waals surface area contributed by atoms with Gasteiger partial charge in [-0.2, -0.15) is 0 Å². The fourth-order valence-electron chi connectivity index (χ4n) is 4.47. The van der Waals surface area contributed by atoms with Crippen LogP contribution in [-0.2, 0) is 0 Å². The fraction of sp³-hybridized carbons (Fsp3) is 0.0645. The summed E-state index contributed by atoms with van der Waals surface area (Å²) < 4.78 is 15.5. The van der Waals surface area contributed by atoms with Crippen LogP contribution in [-0.4, -0.2) is 4.98 Å². The van der Waals surface area contributed by atoms with Crippen LogP contribution in [0.15, 0.2) is 120 Å². The molecule has 6 aromatic rings. The second-order valence-electron chi connectivity index (χ2n) is 8.28. The monoisotopic (exact) mass is 426 g/mol. The van der Waals surface area contributed by atoms with E-state index in [1.54, 1.807) is 6.20 Å². The molecule has 0 radical (unpaired) electrons. The summed E-state index contributed by atoms with van der Waals surface area (Å²) in [6.07, 6.45) is 1.79. The summed E-state index contributed by atoms with van der Waals surface area (Å²) in [5.74, 6) is -0.922. The molecule has 0 N–H and O–H groups in total. The molecule has 0 amide bonds. The van der Waals surface area contributed by atoms with Gasteiger partial charge in [0.25, 0.3) is 0 Å². The molecule has 2 nitrogen and oxygen atoms in total. The molecule has 0 fully saturated rings. The van der Waals surface area contributed by atoms with Gasteiger partial charge in [0.2, 0.25) is 0 Å². The summed E-state index contributed by atoms with van der Waals surface area (Å²) in [7, 11) is 0. The predicted molar refractivity (Wildman–Crippen MR) is 136 cm³/mol. The number of para-hydroxylation sites is 2. The summed E-state index contributed by atoms with van der Waals surface area (Å²) >= 11 is 0. The third kappa shape index (κ3) is 3.50. The Hall–Kier alpha value is -4.17. The highest BCUT2D eigenvalue weighted by molar-refractivity contribution is 6.09. The van der Waals surface area contributed by atoms with Gasteiger partial charge in [-0.1, -0.05) is 91.9 Å². The summed E-state index contributed by atoms with van der Waals surface area (Å²) in [4.78, 5) is 4.65. The van der Waals surface area contributed by atoms with Gasteiger partial charge in [0.15, 0.2) is 0 Å². The molecule has 2 aromatic heterocycles. The van der Waals surface area contributed by atoms with E-state index in [0.717, 1.165) is 49.9 Å². The molecule has 6 rings (SSSR count). The van der Waals surface area contributed by atoms with Crippen molar-refractivity contribution in [2.45, 2.75) is 12.8 Å². The van der Waals surface area contributed by atoms with Crippen molar-refractivity contribution in [3.05, 3.63) is 127 Å². The molecule has 33 heavy (non-hydrogen) atoms. The zero-order valence-electron chi connectivity index (χ0n) is 19.3. The highest BCUT2D eigenvalue weighted by Crippen LogP contribution is 2.36. The minimum Gasteiger partial charge on any atom is -0.455 e. The lowest BCUT2D eigenvalue weighted by Crippen LogP contribution is -1.97. The first-order valence-electron chi connectivity index (χ1n) is 11.6. The molecular weight excluding hydrogens is 402 g/mol. The van der Waals surface area contributed by atoms with Crippen LogP contribution in [0, 0.1) is 0 Å². The molecule has 4 aromatic carbocycles. The van der Waals surface area contributed by atoms with Gasteiger partial charge in [0.05, 0.1) is 5.69 Å². The second-order valence-corrected chi connectivity index (χ2v) is 8.28. The molecule has 0 aliphatic rings. The first kappa shape index (κ1) is 18.4. The molecule has 1 atom stereocenters. The van der Waals surface area contributed by atoms with E-state index in [0.29, 0.717) is 0 Å². The molecule has 158 valence electrons. The smallest absolute Gasteiger partial charge is 0.144 e. The van der Waals surface area contributed by atoms with Gasteiger partial charge in [0, 0.05) is 29.8 Å². The van der Waals surface area contributed by atoms with Crippen molar-refractivity contribution >= 4 is 21.9 Å². The average Bonchev–Trinajstić information content (AvgIpc) is 3.28. The van der Waals surface area contributed by atoms with E-state index in [9.17, 15) is 1.37 Å². The largest absolute Gasteiger partial charge is 0.455 e. The van der Waals surface area contributed by atoms with Crippen molar-refractivity contribution < 1.29 is 5.79 Å². The molecule has 0 saturated carbocycles. The Bertz CT molecular complexity index is 1610.